The predicted molar refractivity (Wildman–Crippen MR) is 89.6 cm³/mol. The van der Waals surface area contributed by atoms with E-state index in [0.29, 0.717) is 17.7 Å². The van der Waals surface area contributed by atoms with Crippen LogP contribution in [0.25, 0.3) is 0 Å². The van der Waals surface area contributed by atoms with Gasteiger partial charge in [0.25, 0.3) is 5.91 Å². The Hall–Kier alpha value is -2.62. The summed E-state index contributed by atoms with van der Waals surface area (Å²) in [6.07, 6.45) is 0.472. The van der Waals surface area contributed by atoms with E-state index in [2.05, 4.69) is 5.32 Å². The fourth-order valence-corrected chi connectivity index (χ4v) is 2.20. The Bertz CT molecular complexity index is 650. The molecule has 0 radical (unpaired) electrons. The minimum atomic E-state index is -0.185. The number of ether oxygens (including phenoxy) is 1. The Balaban J connectivity index is 1.83. The predicted octanol–water partition coefficient (Wildman–Crippen LogP) is 3.54. The third-order valence-electron chi connectivity index (χ3n) is 3.54. The van der Waals surface area contributed by atoms with Gasteiger partial charge < -0.3 is 10.1 Å². The molecule has 4 heteroatoms. The van der Waals surface area contributed by atoms with Gasteiger partial charge >= 0.3 is 0 Å². The number of Topliss-reactive ketones (excluding diaryl/α,β-unsaturated/α-hetero) is 1. The van der Waals surface area contributed by atoms with Gasteiger partial charge in [-0.1, -0.05) is 37.3 Å². The van der Waals surface area contributed by atoms with Crippen LogP contribution in [0.4, 0.5) is 0 Å². The molecule has 0 saturated carbocycles. The lowest BCUT2D eigenvalue weighted by Crippen LogP contribution is -2.31. The molecule has 0 aromatic heterocycles. The lowest BCUT2D eigenvalue weighted by molar-refractivity contribution is -0.123. The summed E-state index contributed by atoms with van der Waals surface area (Å²) in [5.74, 6) is 0.473. The molecule has 0 aliphatic carbocycles. The van der Waals surface area contributed by atoms with Crippen molar-refractivity contribution in [2.75, 3.05) is 6.61 Å². The molecule has 2 rings (SSSR count). The molecule has 0 heterocycles. The van der Waals surface area contributed by atoms with Crippen LogP contribution in [-0.4, -0.2) is 18.3 Å². The molecule has 1 N–H and O–H groups in total. The van der Waals surface area contributed by atoms with Crippen LogP contribution >= 0.6 is 0 Å². The third kappa shape index (κ3) is 4.95. The summed E-state index contributed by atoms with van der Waals surface area (Å²) in [5, 5.41) is 2.89. The monoisotopic (exact) mass is 311 g/mol. The molecular formula is C19H21NO3. The standard InChI is InChI=1S/C19H21NO3/c1-3-18(21)16-9-11-17(12-10-16)23-13-19(22)20-14(2)15-7-5-4-6-8-15/h4-12,14H,3,13H2,1-2H3,(H,20,22)/t14-/m1/s1. The van der Waals surface area contributed by atoms with Crippen LogP contribution in [0.3, 0.4) is 0 Å². The number of nitrogens with one attached hydrogen (secondary N) is 1. The second kappa shape index (κ2) is 8.13. The van der Waals surface area contributed by atoms with Crippen LogP contribution in [0, 0.1) is 0 Å². The Morgan fingerprint density at radius 1 is 1.04 bits per heavy atom. The number of rotatable bonds is 7. The van der Waals surface area contributed by atoms with Crippen molar-refractivity contribution in [3.63, 3.8) is 0 Å². The number of benzene rings is 2. The second-order valence-corrected chi connectivity index (χ2v) is 5.29. The van der Waals surface area contributed by atoms with Gasteiger partial charge in [0.05, 0.1) is 6.04 Å². The smallest absolute Gasteiger partial charge is 0.258 e. The number of ketones is 1. The summed E-state index contributed by atoms with van der Waals surface area (Å²) in [4.78, 5) is 23.5. The number of hydrogen-bond donors (Lipinski definition) is 1. The molecule has 0 unspecified atom stereocenters. The topological polar surface area (TPSA) is 55.4 Å². The zero-order chi connectivity index (χ0) is 16.7. The maximum atomic E-state index is 11.9. The SMILES string of the molecule is CCC(=O)c1ccc(OCC(=O)N[C@H](C)c2ccccc2)cc1. The maximum absolute atomic E-state index is 11.9. The second-order valence-electron chi connectivity index (χ2n) is 5.29. The summed E-state index contributed by atoms with van der Waals surface area (Å²) >= 11 is 0. The first-order valence-corrected chi connectivity index (χ1v) is 7.70. The van der Waals surface area contributed by atoms with Crippen molar-refractivity contribution in [1.29, 1.82) is 0 Å². The van der Waals surface area contributed by atoms with Crippen molar-refractivity contribution < 1.29 is 14.3 Å². The normalized spacial score (nSPS) is 11.6. The van der Waals surface area contributed by atoms with Crippen molar-refractivity contribution >= 4 is 11.7 Å². The fraction of sp³-hybridized carbons (Fsp3) is 0.263. The Labute approximate surface area is 136 Å². The average molecular weight is 311 g/mol. The van der Waals surface area contributed by atoms with E-state index in [9.17, 15) is 9.59 Å². The third-order valence-corrected chi connectivity index (χ3v) is 3.54. The lowest BCUT2D eigenvalue weighted by Gasteiger charge is -2.14. The van der Waals surface area contributed by atoms with Crippen LogP contribution in [0.1, 0.15) is 42.2 Å². The molecule has 4 nitrogen and oxygen atoms in total. The lowest BCUT2D eigenvalue weighted by atomic mass is 10.1. The van der Waals surface area contributed by atoms with Crippen LogP contribution in [0.2, 0.25) is 0 Å². The molecule has 0 fully saturated rings. The van der Waals surface area contributed by atoms with E-state index in [1.807, 2.05) is 44.2 Å². The van der Waals surface area contributed by atoms with Crippen LogP contribution in [0.5, 0.6) is 5.75 Å². The summed E-state index contributed by atoms with van der Waals surface area (Å²) in [6, 6.07) is 16.5. The highest BCUT2D eigenvalue weighted by molar-refractivity contribution is 5.95. The van der Waals surface area contributed by atoms with Crippen LogP contribution < -0.4 is 10.1 Å². The molecule has 23 heavy (non-hydrogen) atoms. The molecule has 2 aromatic rings. The van der Waals surface area contributed by atoms with Gasteiger partial charge in [-0.05, 0) is 36.8 Å². The summed E-state index contributed by atoms with van der Waals surface area (Å²) in [7, 11) is 0. The van der Waals surface area contributed by atoms with E-state index in [0.717, 1.165) is 5.56 Å². The molecule has 0 aliphatic rings. The first-order chi connectivity index (χ1) is 11.1. The van der Waals surface area contributed by atoms with Crippen molar-refractivity contribution in [3.8, 4) is 5.75 Å². The average Bonchev–Trinajstić information content (AvgIpc) is 2.60. The van der Waals surface area contributed by atoms with Gasteiger partial charge in [0.2, 0.25) is 0 Å². The summed E-state index contributed by atoms with van der Waals surface area (Å²) in [5.41, 5.74) is 1.70. The van der Waals surface area contributed by atoms with Gasteiger partial charge in [-0.15, -0.1) is 0 Å². The van der Waals surface area contributed by atoms with Gasteiger partial charge in [0, 0.05) is 12.0 Å². The highest BCUT2D eigenvalue weighted by Gasteiger charge is 2.10. The number of carbonyl (C=O) groups is 2. The Morgan fingerprint density at radius 2 is 1.70 bits per heavy atom. The minimum absolute atomic E-state index is 0.0573. The van der Waals surface area contributed by atoms with Crippen molar-refractivity contribution in [3.05, 3.63) is 65.7 Å². The molecule has 0 spiro atoms. The van der Waals surface area contributed by atoms with E-state index < -0.39 is 0 Å². The van der Waals surface area contributed by atoms with Gasteiger partial charge in [0.15, 0.2) is 12.4 Å². The first kappa shape index (κ1) is 16.7. The first-order valence-electron chi connectivity index (χ1n) is 7.70. The maximum Gasteiger partial charge on any atom is 0.258 e. The van der Waals surface area contributed by atoms with Crippen molar-refractivity contribution in [1.82, 2.24) is 5.32 Å². The highest BCUT2D eigenvalue weighted by Crippen LogP contribution is 2.14. The Morgan fingerprint density at radius 3 is 2.30 bits per heavy atom. The molecule has 0 saturated heterocycles. The largest absolute Gasteiger partial charge is 0.484 e. The van der Waals surface area contributed by atoms with E-state index in [4.69, 9.17) is 4.74 Å². The van der Waals surface area contributed by atoms with Gasteiger partial charge in [-0.2, -0.15) is 0 Å². The van der Waals surface area contributed by atoms with E-state index in [1.54, 1.807) is 24.3 Å². The molecule has 0 bridgehead atoms. The molecular weight excluding hydrogens is 290 g/mol. The zero-order valence-electron chi connectivity index (χ0n) is 13.4. The number of carbonyl (C=O) groups excluding carboxylic acids is 2. The van der Waals surface area contributed by atoms with E-state index in [1.165, 1.54) is 0 Å². The summed E-state index contributed by atoms with van der Waals surface area (Å²) in [6.45, 7) is 3.70. The minimum Gasteiger partial charge on any atom is -0.484 e. The van der Waals surface area contributed by atoms with Crippen LogP contribution in [0.15, 0.2) is 54.6 Å². The molecule has 1 atom stereocenters. The van der Waals surface area contributed by atoms with Crippen molar-refractivity contribution in [2.45, 2.75) is 26.3 Å². The van der Waals surface area contributed by atoms with Gasteiger partial charge in [-0.25, -0.2) is 0 Å². The number of amides is 1. The van der Waals surface area contributed by atoms with E-state index in [-0.39, 0.29) is 24.3 Å². The molecule has 1 amide bonds. The molecule has 0 aliphatic heterocycles. The summed E-state index contributed by atoms with van der Waals surface area (Å²) < 4.78 is 5.45. The zero-order valence-corrected chi connectivity index (χ0v) is 13.4. The van der Waals surface area contributed by atoms with E-state index >= 15 is 0 Å². The molecule has 120 valence electrons. The fourth-order valence-electron chi connectivity index (χ4n) is 2.20. The van der Waals surface area contributed by atoms with Gasteiger partial charge in [0.1, 0.15) is 5.75 Å². The van der Waals surface area contributed by atoms with Crippen LogP contribution in [-0.2, 0) is 4.79 Å². The highest BCUT2D eigenvalue weighted by atomic mass is 16.5. The molecule has 2 aromatic carbocycles. The van der Waals surface area contributed by atoms with Crippen molar-refractivity contribution in [2.24, 2.45) is 0 Å². The number of hydrogen-bond acceptors (Lipinski definition) is 3. The Kier molecular flexibility index (Phi) is 5.92. The quantitative estimate of drug-likeness (QED) is 0.796. The van der Waals surface area contributed by atoms with Gasteiger partial charge in [-0.3, -0.25) is 9.59 Å².